The molecule has 0 saturated carbocycles. The van der Waals surface area contributed by atoms with Crippen molar-refractivity contribution in [2.75, 3.05) is 0 Å². The molecule has 0 bridgehead atoms. The van der Waals surface area contributed by atoms with Gasteiger partial charge in [-0.15, -0.1) is 0 Å². The molecule has 6 rings (SSSR count). The second-order valence-electron chi connectivity index (χ2n) is 19.4. The molecule has 50 heavy (non-hydrogen) atoms. The predicted octanol–water partition coefficient (Wildman–Crippen LogP) is 14.5. The number of hydrogen-bond donors (Lipinski definition) is 0. The van der Waals surface area contributed by atoms with Gasteiger partial charge in [0.25, 0.3) is 0 Å². The number of benzene rings is 4. The van der Waals surface area contributed by atoms with Crippen LogP contribution < -0.4 is 0 Å². The van der Waals surface area contributed by atoms with E-state index in [1.165, 1.54) is 57.3 Å². The number of rotatable bonds is 8. The summed E-state index contributed by atoms with van der Waals surface area (Å²) >= 11 is -4.20. The van der Waals surface area contributed by atoms with E-state index < -0.39 is 18.0 Å². The number of allylic oxidation sites excluding steroid dienone is 2. The molecule has 2 aliphatic carbocycles. The maximum atomic E-state index is 2.85. The van der Waals surface area contributed by atoms with Crippen molar-refractivity contribution in [2.24, 2.45) is 11.8 Å². The number of fused-ring (bicyclic) bond motifs is 2. The summed E-state index contributed by atoms with van der Waals surface area (Å²) in [7, 11) is 0. The van der Waals surface area contributed by atoms with Crippen LogP contribution in [0, 0.1) is 11.8 Å². The van der Waals surface area contributed by atoms with E-state index in [4.69, 9.17) is 0 Å². The van der Waals surface area contributed by atoms with Gasteiger partial charge in [-0.2, -0.15) is 0 Å². The van der Waals surface area contributed by atoms with Crippen LogP contribution >= 0.6 is 0 Å². The van der Waals surface area contributed by atoms with Crippen LogP contribution in [0.15, 0.2) is 97.1 Å². The van der Waals surface area contributed by atoms with Crippen LogP contribution in [0.3, 0.4) is 0 Å². The van der Waals surface area contributed by atoms with Crippen molar-refractivity contribution < 1.29 is 18.0 Å². The van der Waals surface area contributed by atoms with Gasteiger partial charge in [0.15, 0.2) is 0 Å². The first-order valence-electron chi connectivity index (χ1n) is 19.3. The van der Waals surface area contributed by atoms with E-state index in [1.54, 1.807) is 11.1 Å². The molecule has 0 saturated heterocycles. The first-order valence-corrected chi connectivity index (χ1v) is 32.4. The van der Waals surface area contributed by atoms with Gasteiger partial charge in [-0.05, 0) is 0 Å². The maximum absolute atomic E-state index is 4.20. The van der Waals surface area contributed by atoms with E-state index in [0.717, 1.165) is 0 Å². The van der Waals surface area contributed by atoms with Crippen LogP contribution in [0.4, 0.5) is 0 Å². The molecule has 0 aromatic heterocycles. The van der Waals surface area contributed by atoms with E-state index in [0.29, 0.717) is 19.2 Å². The molecule has 0 nitrogen and oxygen atoms in total. The van der Waals surface area contributed by atoms with Crippen molar-refractivity contribution >= 4 is 15.4 Å². The van der Waals surface area contributed by atoms with E-state index in [2.05, 4.69) is 188 Å². The third kappa shape index (κ3) is 6.62. The van der Waals surface area contributed by atoms with Gasteiger partial charge in [0.05, 0.1) is 0 Å². The number of hydrogen-bond acceptors (Lipinski definition) is 0. The second kappa shape index (κ2) is 13.3. The third-order valence-corrected chi connectivity index (χ3v) is 39.2. The zero-order valence-corrected chi connectivity index (χ0v) is 36.7. The summed E-state index contributed by atoms with van der Waals surface area (Å²) in [6.45, 7) is 23.5. The molecule has 262 valence electrons. The summed E-state index contributed by atoms with van der Waals surface area (Å²) in [6.07, 6.45) is 12.8. The summed E-state index contributed by atoms with van der Waals surface area (Å²) in [4.78, 5) is 0. The Balaban J connectivity index is 1.54. The van der Waals surface area contributed by atoms with Gasteiger partial charge in [0.2, 0.25) is 0 Å². The van der Waals surface area contributed by atoms with E-state index in [-0.39, 0.29) is 10.8 Å². The van der Waals surface area contributed by atoms with Gasteiger partial charge in [-0.1, -0.05) is 0 Å². The molecule has 0 heterocycles. The summed E-state index contributed by atoms with van der Waals surface area (Å²) in [5.41, 5.74) is 14.5. The van der Waals surface area contributed by atoms with Gasteiger partial charge in [0.1, 0.15) is 0 Å². The Hall–Kier alpha value is -2.90. The quantitative estimate of drug-likeness (QED) is 0.155. The van der Waals surface area contributed by atoms with Gasteiger partial charge >= 0.3 is 308 Å². The molecule has 2 atom stereocenters. The summed E-state index contributed by atoms with van der Waals surface area (Å²) < 4.78 is 8.52. The Morgan fingerprint density at radius 2 is 0.900 bits per heavy atom. The molecule has 0 aliphatic heterocycles. The van der Waals surface area contributed by atoms with E-state index in [1.807, 2.05) is 3.26 Å². The molecule has 0 spiro atoms. The molecule has 2 unspecified atom stereocenters. The van der Waals surface area contributed by atoms with E-state index >= 15 is 0 Å². The third-order valence-electron chi connectivity index (χ3n) is 12.3. The average molecular weight is 830 g/mol. The van der Waals surface area contributed by atoms with Crippen molar-refractivity contribution in [3.63, 3.8) is 0 Å². The van der Waals surface area contributed by atoms with Crippen molar-refractivity contribution in [1.29, 1.82) is 0 Å². The average Bonchev–Trinajstić information content (AvgIpc) is 3.70. The molecule has 0 N–H and O–H groups in total. The molecule has 4 aromatic rings. The first kappa shape index (κ1) is 36.9. The fourth-order valence-corrected chi connectivity index (χ4v) is 35.1. The second-order valence-corrected chi connectivity index (χ2v) is 45.1. The normalized spacial score (nSPS) is 17.5. The Morgan fingerprint density at radius 1 is 0.540 bits per heavy atom. The van der Waals surface area contributed by atoms with Crippen LogP contribution in [-0.4, -0.2) is 3.26 Å². The van der Waals surface area contributed by atoms with Crippen LogP contribution in [0.5, 0.6) is 0 Å². The summed E-state index contributed by atoms with van der Waals surface area (Å²) in [6, 6.07) is 33.1. The van der Waals surface area contributed by atoms with Gasteiger partial charge in [-0.25, -0.2) is 0 Å². The first-order chi connectivity index (χ1) is 23.4. The Bertz CT molecular complexity index is 1860. The van der Waals surface area contributed by atoms with Crippen molar-refractivity contribution in [3.05, 3.63) is 130 Å². The van der Waals surface area contributed by atoms with Crippen LogP contribution in [0.2, 0.25) is 9.36 Å². The van der Waals surface area contributed by atoms with Crippen LogP contribution in [0.25, 0.3) is 34.4 Å². The Kier molecular flexibility index (Phi) is 9.78. The topological polar surface area (TPSA) is 0 Å². The fourth-order valence-electron chi connectivity index (χ4n) is 9.37. The molecule has 4 aromatic carbocycles. The SMILES string of the molecule is CC(C)C[C](CC(C)C)=[Hf]([CH3])([CH3])([CH]1C=Cc2c(-c3ccc(C(C)(C)C)cc3)cccc21)[CH]1C=Cc2c(-c3ccc(C(C)(C)C)cc3)cccc21. The zero-order chi connectivity index (χ0) is 36.2. The molecular weight excluding hydrogens is 767 g/mol. The molecule has 0 radical (unpaired) electrons. The standard InChI is InChI=1S/2C19H19.C9H18.2CH3.Hf/c2*1-19(2,3)16-12-10-15(11-13-16)18-9-5-7-14-6-4-8-17(14)18;1-8(2)6-5-7-9(3)4;;;/h2*4-13H,1-3H3;8-9H,6-7H2,1-4H3;2*1H3;. The Labute approximate surface area is 305 Å². The predicted molar refractivity (Wildman–Crippen MR) is 220 cm³/mol. The minimum atomic E-state index is -4.20. The Morgan fingerprint density at radius 3 is 1.22 bits per heavy atom. The van der Waals surface area contributed by atoms with Gasteiger partial charge in [-0.3, -0.25) is 0 Å². The molecule has 1 heteroatoms. The summed E-state index contributed by atoms with van der Waals surface area (Å²) in [5.74, 6) is 1.27. The van der Waals surface area contributed by atoms with Gasteiger partial charge in [0, 0.05) is 0 Å². The van der Waals surface area contributed by atoms with Crippen molar-refractivity contribution in [1.82, 2.24) is 0 Å². The van der Waals surface area contributed by atoms with Gasteiger partial charge < -0.3 is 0 Å². The molecule has 0 amide bonds. The van der Waals surface area contributed by atoms with E-state index in [9.17, 15) is 0 Å². The minimum absolute atomic E-state index is 0.146. The van der Waals surface area contributed by atoms with Crippen LogP contribution in [-0.2, 0) is 28.8 Å². The molecule has 2 aliphatic rings. The fraction of sp³-hybridized carbons (Fsp3) is 0.408. The molecule has 0 fully saturated rings. The van der Waals surface area contributed by atoms with Crippen molar-refractivity contribution in [3.8, 4) is 22.3 Å². The van der Waals surface area contributed by atoms with Crippen molar-refractivity contribution in [2.45, 2.75) is 110 Å². The molecular formula is C49H62Hf. The monoisotopic (exact) mass is 830 g/mol. The van der Waals surface area contributed by atoms with Crippen LogP contribution in [0.1, 0.15) is 123 Å². The summed E-state index contributed by atoms with van der Waals surface area (Å²) in [5, 5.41) is 0. The zero-order valence-electron chi connectivity index (χ0n) is 33.1.